The Labute approximate surface area is 158 Å². The predicted octanol–water partition coefficient (Wildman–Crippen LogP) is 6.22. The molecule has 26 heavy (non-hydrogen) atoms. The van der Waals surface area contributed by atoms with Crippen molar-refractivity contribution in [3.8, 4) is 0 Å². The van der Waals surface area contributed by atoms with E-state index in [1.807, 2.05) is 6.92 Å². The standard InChI is InChI=1S/C19H14Cl2F3NO/c1-2-11-10-25(13-6-3-5-12(9-13)19(22,23)24)18(26)16(11)14-7-4-8-15(20)17(14)21/h3-9H,2,10H2,1H3. The fraction of sp³-hybridized carbons (Fsp3) is 0.211. The molecule has 0 N–H and O–H groups in total. The van der Waals surface area contributed by atoms with E-state index in [2.05, 4.69) is 0 Å². The lowest BCUT2D eigenvalue weighted by Gasteiger charge is -2.19. The molecule has 7 heteroatoms. The maximum absolute atomic E-state index is 13.0. The number of hydrogen-bond acceptors (Lipinski definition) is 1. The van der Waals surface area contributed by atoms with Crippen molar-refractivity contribution in [3.63, 3.8) is 0 Å². The lowest BCUT2D eigenvalue weighted by Crippen LogP contribution is -2.27. The summed E-state index contributed by atoms with van der Waals surface area (Å²) in [6, 6.07) is 9.73. The van der Waals surface area contributed by atoms with Crippen LogP contribution >= 0.6 is 23.2 Å². The first-order valence-corrected chi connectivity index (χ1v) is 8.65. The van der Waals surface area contributed by atoms with Gasteiger partial charge in [0.15, 0.2) is 0 Å². The van der Waals surface area contributed by atoms with Gasteiger partial charge in [-0.3, -0.25) is 4.79 Å². The molecule has 0 saturated heterocycles. The Morgan fingerprint density at radius 3 is 2.46 bits per heavy atom. The van der Waals surface area contributed by atoms with Gasteiger partial charge in [0.2, 0.25) is 0 Å². The molecule has 1 amide bonds. The zero-order valence-electron chi connectivity index (χ0n) is 13.7. The number of anilines is 1. The summed E-state index contributed by atoms with van der Waals surface area (Å²) in [4.78, 5) is 14.3. The van der Waals surface area contributed by atoms with Crippen molar-refractivity contribution in [1.82, 2.24) is 0 Å². The van der Waals surface area contributed by atoms with Crippen molar-refractivity contribution >= 4 is 40.4 Å². The fourth-order valence-corrected chi connectivity index (χ4v) is 3.37. The van der Waals surface area contributed by atoms with E-state index < -0.39 is 11.7 Å². The molecule has 1 aliphatic rings. The highest BCUT2D eigenvalue weighted by Crippen LogP contribution is 2.39. The Balaban J connectivity index is 2.03. The fourth-order valence-electron chi connectivity index (χ4n) is 2.98. The van der Waals surface area contributed by atoms with E-state index in [0.717, 1.165) is 17.7 Å². The van der Waals surface area contributed by atoms with Gasteiger partial charge in [0.05, 0.1) is 15.6 Å². The number of amides is 1. The van der Waals surface area contributed by atoms with Gasteiger partial charge in [-0.1, -0.05) is 48.3 Å². The average Bonchev–Trinajstić information content (AvgIpc) is 2.93. The smallest absolute Gasteiger partial charge is 0.304 e. The Morgan fingerprint density at radius 1 is 1.12 bits per heavy atom. The van der Waals surface area contributed by atoms with E-state index in [-0.39, 0.29) is 23.2 Å². The molecular formula is C19H14Cl2F3NO. The molecule has 2 nitrogen and oxygen atoms in total. The van der Waals surface area contributed by atoms with Gasteiger partial charge < -0.3 is 4.90 Å². The van der Waals surface area contributed by atoms with Gasteiger partial charge in [0.1, 0.15) is 0 Å². The summed E-state index contributed by atoms with van der Waals surface area (Å²) in [7, 11) is 0. The van der Waals surface area contributed by atoms with Crippen LogP contribution in [0.5, 0.6) is 0 Å². The van der Waals surface area contributed by atoms with Crippen molar-refractivity contribution in [2.45, 2.75) is 19.5 Å². The Hall–Kier alpha value is -1.98. The molecule has 0 bridgehead atoms. The zero-order valence-corrected chi connectivity index (χ0v) is 15.2. The minimum Gasteiger partial charge on any atom is -0.304 e. The lowest BCUT2D eigenvalue weighted by molar-refractivity contribution is -0.137. The average molecular weight is 400 g/mol. The lowest BCUT2D eigenvalue weighted by atomic mass is 10.0. The number of benzene rings is 2. The minimum atomic E-state index is -4.47. The number of alkyl halides is 3. The molecular weight excluding hydrogens is 386 g/mol. The van der Waals surface area contributed by atoms with E-state index in [1.54, 1.807) is 18.2 Å². The molecule has 2 aromatic carbocycles. The van der Waals surface area contributed by atoms with Crippen LogP contribution in [-0.4, -0.2) is 12.5 Å². The maximum atomic E-state index is 13.0. The third kappa shape index (κ3) is 3.33. The number of carbonyl (C=O) groups excluding carboxylic acids is 1. The van der Waals surface area contributed by atoms with Crippen molar-refractivity contribution in [3.05, 3.63) is 69.2 Å². The van der Waals surface area contributed by atoms with Gasteiger partial charge in [-0.15, -0.1) is 0 Å². The number of halogens is 5. The first-order valence-electron chi connectivity index (χ1n) is 7.89. The van der Waals surface area contributed by atoms with Crippen LogP contribution in [-0.2, 0) is 11.0 Å². The monoisotopic (exact) mass is 399 g/mol. The highest BCUT2D eigenvalue weighted by atomic mass is 35.5. The Kier molecular flexibility index (Phi) is 5.04. The van der Waals surface area contributed by atoms with Crippen LogP contribution in [0.3, 0.4) is 0 Å². The second kappa shape index (κ2) is 6.97. The maximum Gasteiger partial charge on any atom is 0.416 e. The second-order valence-electron chi connectivity index (χ2n) is 5.87. The predicted molar refractivity (Wildman–Crippen MR) is 97.5 cm³/mol. The number of nitrogens with zero attached hydrogens (tertiary/aromatic N) is 1. The second-order valence-corrected chi connectivity index (χ2v) is 6.66. The molecule has 1 heterocycles. The summed E-state index contributed by atoms with van der Waals surface area (Å²) in [5, 5.41) is 0.576. The van der Waals surface area contributed by atoms with E-state index in [0.29, 0.717) is 22.6 Å². The third-order valence-electron chi connectivity index (χ3n) is 4.29. The molecule has 0 radical (unpaired) electrons. The van der Waals surface area contributed by atoms with Crippen LogP contribution < -0.4 is 4.90 Å². The zero-order chi connectivity index (χ0) is 19.1. The summed E-state index contributed by atoms with van der Waals surface area (Å²) in [6.07, 6.45) is -3.90. The highest BCUT2D eigenvalue weighted by Gasteiger charge is 2.35. The SMILES string of the molecule is CCC1=C(c2cccc(Cl)c2Cl)C(=O)N(c2cccc(C(F)(F)F)c2)C1. The van der Waals surface area contributed by atoms with Crippen molar-refractivity contribution < 1.29 is 18.0 Å². The van der Waals surface area contributed by atoms with Crippen molar-refractivity contribution in [2.24, 2.45) is 0 Å². The topological polar surface area (TPSA) is 20.3 Å². The molecule has 0 atom stereocenters. The van der Waals surface area contributed by atoms with Crippen LogP contribution in [0.15, 0.2) is 48.0 Å². The quantitative estimate of drug-likeness (QED) is 0.599. The van der Waals surface area contributed by atoms with Crippen LogP contribution in [0.2, 0.25) is 10.0 Å². The van der Waals surface area contributed by atoms with Gasteiger partial charge in [-0.2, -0.15) is 13.2 Å². The van der Waals surface area contributed by atoms with Gasteiger partial charge in [-0.25, -0.2) is 0 Å². The molecule has 136 valence electrons. The summed E-state index contributed by atoms with van der Waals surface area (Å²) in [5.74, 6) is -0.384. The Morgan fingerprint density at radius 2 is 1.81 bits per heavy atom. The Bertz CT molecular complexity index is 906. The number of carbonyl (C=O) groups is 1. The molecule has 0 spiro atoms. The van der Waals surface area contributed by atoms with E-state index in [9.17, 15) is 18.0 Å². The molecule has 0 saturated carbocycles. The normalized spacial score (nSPS) is 15.2. The van der Waals surface area contributed by atoms with Crippen LogP contribution in [0.1, 0.15) is 24.5 Å². The van der Waals surface area contributed by atoms with Crippen molar-refractivity contribution in [1.29, 1.82) is 0 Å². The molecule has 3 rings (SSSR count). The first kappa shape index (κ1) is 18.8. The van der Waals surface area contributed by atoms with E-state index in [1.165, 1.54) is 17.0 Å². The van der Waals surface area contributed by atoms with Gasteiger partial charge in [-0.05, 0) is 36.3 Å². The molecule has 0 fully saturated rings. The summed E-state index contributed by atoms with van der Waals surface area (Å²) >= 11 is 12.3. The number of hydrogen-bond donors (Lipinski definition) is 0. The van der Waals surface area contributed by atoms with Gasteiger partial charge in [0, 0.05) is 23.4 Å². The molecule has 0 unspecified atom stereocenters. The molecule has 2 aromatic rings. The largest absolute Gasteiger partial charge is 0.416 e. The summed E-state index contributed by atoms with van der Waals surface area (Å²) in [5.41, 5.74) is 1.10. The van der Waals surface area contributed by atoms with Crippen LogP contribution in [0, 0.1) is 0 Å². The van der Waals surface area contributed by atoms with E-state index >= 15 is 0 Å². The minimum absolute atomic E-state index is 0.198. The summed E-state index contributed by atoms with van der Waals surface area (Å²) in [6.45, 7) is 2.10. The number of rotatable bonds is 3. The van der Waals surface area contributed by atoms with Gasteiger partial charge in [0.25, 0.3) is 5.91 Å². The van der Waals surface area contributed by atoms with E-state index in [4.69, 9.17) is 23.2 Å². The molecule has 0 aliphatic carbocycles. The molecule has 0 aromatic heterocycles. The van der Waals surface area contributed by atoms with Crippen LogP contribution in [0.4, 0.5) is 18.9 Å². The first-order chi connectivity index (χ1) is 12.2. The molecule has 1 aliphatic heterocycles. The van der Waals surface area contributed by atoms with Crippen LogP contribution in [0.25, 0.3) is 5.57 Å². The van der Waals surface area contributed by atoms with Crippen molar-refractivity contribution in [2.75, 3.05) is 11.4 Å². The summed E-state index contributed by atoms with van der Waals surface area (Å²) < 4.78 is 39.0. The highest BCUT2D eigenvalue weighted by molar-refractivity contribution is 6.44. The van der Waals surface area contributed by atoms with Gasteiger partial charge >= 0.3 is 6.18 Å². The third-order valence-corrected chi connectivity index (χ3v) is 5.11.